The Morgan fingerprint density at radius 2 is 1.45 bits per heavy atom. The maximum atomic E-state index is 12.9. The molecule has 0 bridgehead atoms. The Morgan fingerprint density at radius 1 is 0.903 bits per heavy atom. The first kappa shape index (κ1) is 21.2. The minimum absolute atomic E-state index is 0.0165. The molecule has 2 amide bonds. The number of carbonyl (C=O) groups is 2. The molecule has 2 aromatic rings. The normalized spacial score (nSPS) is 20.3. The molecule has 0 fully saturated rings. The Kier molecular flexibility index (Phi) is 6.75. The molecular formula is C25H30N2O4. The van der Waals surface area contributed by atoms with Gasteiger partial charge in [-0.2, -0.15) is 0 Å². The van der Waals surface area contributed by atoms with Crippen LogP contribution in [0, 0.1) is 11.8 Å². The van der Waals surface area contributed by atoms with Gasteiger partial charge in [0.15, 0.2) is 0 Å². The Labute approximate surface area is 183 Å². The highest BCUT2D eigenvalue weighted by Gasteiger charge is 2.29. The smallest absolute Gasteiger partial charge is 0.227 e. The van der Waals surface area contributed by atoms with Gasteiger partial charge in [0.25, 0.3) is 0 Å². The summed E-state index contributed by atoms with van der Waals surface area (Å²) >= 11 is 0. The largest absolute Gasteiger partial charge is 0.492 e. The second kappa shape index (κ2) is 9.86. The zero-order valence-electron chi connectivity index (χ0n) is 17.9. The number of carbonyl (C=O) groups excluding carboxylic acids is 2. The van der Waals surface area contributed by atoms with E-state index in [0.717, 1.165) is 35.5 Å². The third-order valence-corrected chi connectivity index (χ3v) is 6.01. The fraction of sp³-hybridized carbons (Fsp3) is 0.440. The first-order valence-corrected chi connectivity index (χ1v) is 11.1. The van der Waals surface area contributed by atoms with Gasteiger partial charge in [0.1, 0.15) is 24.7 Å². The standard InChI is InChI=1S/C25H30N2O4/c1-2-7-21(27-25(29)20-13-18-9-4-6-11-23(18)31-16-20)14-26-24(28)19-12-17-8-3-5-10-22(17)30-15-19/h3-6,8-11,19-21H,2,7,12-16H2,1H3,(H,26,28)(H,27,29). The van der Waals surface area contributed by atoms with Gasteiger partial charge >= 0.3 is 0 Å². The monoisotopic (exact) mass is 422 g/mol. The van der Waals surface area contributed by atoms with E-state index in [2.05, 4.69) is 17.6 Å². The lowest BCUT2D eigenvalue weighted by Gasteiger charge is -2.28. The van der Waals surface area contributed by atoms with Gasteiger partial charge in [0.05, 0.1) is 11.8 Å². The summed E-state index contributed by atoms with van der Waals surface area (Å²) in [6.45, 7) is 3.26. The molecule has 31 heavy (non-hydrogen) atoms. The molecule has 0 saturated carbocycles. The summed E-state index contributed by atoms with van der Waals surface area (Å²) in [6.07, 6.45) is 3.07. The molecule has 3 unspecified atom stereocenters. The number of amides is 2. The zero-order valence-corrected chi connectivity index (χ0v) is 17.9. The predicted octanol–water partition coefficient (Wildman–Crippen LogP) is 2.89. The maximum Gasteiger partial charge on any atom is 0.227 e. The highest BCUT2D eigenvalue weighted by Crippen LogP contribution is 2.28. The maximum absolute atomic E-state index is 12.9. The van der Waals surface area contributed by atoms with Crippen molar-refractivity contribution < 1.29 is 19.1 Å². The molecule has 4 rings (SSSR count). The highest BCUT2D eigenvalue weighted by molar-refractivity contribution is 5.81. The summed E-state index contributed by atoms with van der Waals surface area (Å²) in [7, 11) is 0. The van der Waals surface area contributed by atoms with Crippen LogP contribution in [0.1, 0.15) is 30.9 Å². The SMILES string of the molecule is CCCC(CNC(=O)C1COc2ccccc2C1)NC(=O)C1COc2ccccc2C1. The van der Waals surface area contributed by atoms with Crippen molar-refractivity contribution in [2.75, 3.05) is 19.8 Å². The fourth-order valence-electron chi connectivity index (χ4n) is 4.25. The van der Waals surface area contributed by atoms with Crippen molar-refractivity contribution in [2.24, 2.45) is 11.8 Å². The summed E-state index contributed by atoms with van der Waals surface area (Å²) in [4.78, 5) is 25.6. The lowest BCUT2D eigenvalue weighted by molar-refractivity contribution is -0.129. The molecule has 0 saturated heterocycles. The minimum Gasteiger partial charge on any atom is -0.492 e. The molecule has 0 aliphatic carbocycles. The second-order valence-electron chi connectivity index (χ2n) is 8.38. The van der Waals surface area contributed by atoms with Crippen LogP contribution >= 0.6 is 0 Å². The quantitative estimate of drug-likeness (QED) is 0.719. The molecule has 2 heterocycles. The summed E-state index contributed by atoms with van der Waals surface area (Å²) in [5.41, 5.74) is 2.12. The van der Waals surface area contributed by atoms with Crippen molar-refractivity contribution in [3.8, 4) is 11.5 Å². The van der Waals surface area contributed by atoms with E-state index in [-0.39, 0.29) is 29.7 Å². The van der Waals surface area contributed by atoms with Crippen molar-refractivity contribution >= 4 is 11.8 Å². The van der Waals surface area contributed by atoms with Gasteiger partial charge in [-0.3, -0.25) is 9.59 Å². The van der Waals surface area contributed by atoms with Crippen molar-refractivity contribution in [3.05, 3.63) is 59.7 Å². The van der Waals surface area contributed by atoms with E-state index >= 15 is 0 Å². The number of para-hydroxylation sites is 2. The lowest BCUT2D eigenvalue weighted by atomic mass is 9.95. The number of ether oxygens (including phenoxy) is 2. The molecule has 164 valence electrons. The first-order valence-electron chi connectivity index (χ1n) is 11.1. The van der Waals surface area contributed by atoms with Gasteiger partial charge in [0, 0.05) is 12.6 Å². The Balaban J connectivity index is 1.29. The molecule has 3 atom stereocenters. The molecule has 0 aromatic heterocycles. The van der Waals surface area contributed by atoms with Crippen LogP contribution in [0.25, 0.3) is 0 Å². The second-order valence-corrected chi connectivity index (χ2v) is 8.38. The number of rotatable bonds is 7. The van der Waals surface area contributed by atoms with Crippen molar-refractivity contribution in [1.29, 1.82) is 0 Å². The molecule has 0 radical (unpaired) electrons. The molecule has 2 N–H and O–H groups in total. The molecular weight excluding hydrogens is 392 g/mol. The number of hydrogen-bond donors (Lipinski definition) is 2. The Hall–Kier alpha value is -3.02. The highest BCUT2D eigenvalue weighted by atomic mass is 16.5. The first-order chi connectivity index (χ1) is 15.1. The molecule has 2 aliphatic heterocycles. The topological polar surface area (TPSA) is 76.7 Å². The van der Waals surface area contributed by atoms with E-state index in [1.165, 1.54) is 0 Å². The summed E-state index contributed by atoms with van der Waals surface area (Å²) in [5.74, 6) is 1.25. The molecule has 6 heteroatoms. The fourth-order valence-corrected chi connectivity index (χ4v) is 4.25. The molecule has 6 nitrogen and oxygen atoms in total. The summed E-state index contributed by atoms with van der Waals surface area (Å²) < 4.78 is 11.5. The van der Waals surface area contributed by atoms with Crippen LogP contribution < -0.4 is 20.1 Å². The van der Waals surface area contributed by atoms with Crippen molar-refractivity contribution in [1.82, 2.24) is 10.6 Å². The van der Waals surface area contributed by atoms with Gasteiger partial charge in [-0.15, -0.1) is 0 Å². The Bertz CT molecular complexity index is 929. The van der Waals surface area contributed by atoms with Crippen LogP contribution in [-0.4, -0.2) is 37.6 Å². The van der Waals surface area contributed by atoms with E-state index < -0.39 is 0 Å². The average Bonchev–Trinajstić information content (AvgIpc) is 2.81. The van der Waals surface area contributed by atoms with Crippen LogP contribution in [0.3, 0.4) is 0 Å². The number of nitrogens with one attached hydrogen (secondary N) is 2. The predicted molar refractivity (Wildman–Crippen MR) is 118 cm³/mol. The van der Waals surface area contributed by atoms with Crippen LogP contribution in [0.5, 0.6) is 11.5 Å². The van der Waals surface area contributed by atoms with E-state index in [1.54, 1.807) is 0 Å². The van der Waals surface area contributed by atoms with Gasteiger partial charge in [-0.1, -0.05) is 49.7 Å². The van der Waals surface area contributed by atoms with Gasteiger partial charge in [-0.05, 0) is 42.5 Å². The average molecular weight is 423 g/mol. The molecule has 2 aliphatic rings. The molecule has 0 spiro atoms. The number of benzene rings is 2. The summed E-state index contributed by atoms with van der Waals surface area (Å²) in [5, 5.41) is 6.15. The van der Waals surface area contributed by atoms with Gasteiger partial charge in [-0.25, -0.2) is 0 Å². The van der Waals surface area contributed by atoms with Gasteiger partial charge in [0.2, 0.25) is 11.8 Å². The van der Waals surface area contributed by atoms with Gasteiger partial charge < -0.3 is 20.1 Å². The minimum atomic E-state index is -0.215. The lowest BCUT2D eigenvalue weighted by Crippen LogP contribution is -2.49. The van der Waals surface area contributed by atoms with Crippen LogP contribution in [0.15, 0.2) is 48.5 Å². The number of fused-ring (bicyclic) bond motifs is 2. The Morgan fingerprint density at radius 3 is 2.03 bits per heavy atom. The third kappa shape index (κ3) is 5.19. The molecule has 2 aromatic carbocycles. The third-order valence-electron chi connectivity index (χ3n) is 6.01. The van der Waals surface area contributed by atoms with E-state index in [1.807, 2.05) is 48.5 Å². The van der Waals surface area contributed by atoms with E-state index in [4.69, 9.17) is 9.47 Å². The van der Waals surface area contributed by atoms with E-state index in [0.29, 0.717) is 32.6 Å². The van der Waals surface area contributed by atoms with Crippen LogP contribution in [0.2, 0.25) is 0 Å². The number of hydrogen-bond acceptors (Lipinski definition) is 4. The summed E-state index contributed by atoms with van der Waals surface area (Å²) in [6, 6.07) is 15.6. The van der Waals surface area contributed by atoms with Crippen LogP contribution in [0.4, 0.5) is 0 Å². The van der Waals surface area contributed by atoms with E-state index in [9.17, 15) is 9.59 Å². The zero-order chi connectivity index (χ0) is 21.6. The van der Waals surface area contributed by atoms with Crippen molar-refractivity contribution in [2.45, 2.75) is 38.6 Å². The van der Waals surface area contributed by atoms with Crippen LogP contribution in [-0.2, 0) is 22.4 Å². The van der Waals surface area contributed by atoms with Crippen molar-refractivity contribution in [3.63, 3.8) is 0 Å².